The van der Waals surface area contributed by atoms with E-state index in [2.05, 4.69) is 15.0 Å². The van der Waals surface area contributed by atoms with Crippen LogP contribution in [0.4, 0.5) is 11.9 Å². The van der Waals surface area contributed by atoms with Crippen molar-refractivity contribution in [3.8, 4) is 11.4 Å². The first-order valence-electron chi connectivity index (χ1n) is 8.16. The number of hydrogen-bond donors (Lipinski definition) is 2. The van der Waals surface area contributed by atoms with Crippen LogP contribution in [0.1, 0.15) is 13.8 Å². The van der Waals surface area contributed by atoms with Gasteiger partial charge in [-0.1, -0.05) is 30.3 Å². The lowest BCUT2D eigenvalue weighted by molar-refractivity contribution is 0.102. The van der Waals surface area contributed by atoms with Crippen molar-refractivity contribution < 1.29 is 19.7 Å². The van der Waals surface area contributed by atoms with Crippen LogP contribution < -0.4 is 9.80 Å². The van der Waals surface area contributed by atoms with Gasteiger partial charge < -0.3 is 19.7 Å². The number of ether oxygens (including phenoxy) is 2. The summed E-state index contributed by atoms with van der Waals surface area (Å²) in [7, 11) is 3.11. The van der Waals surface area contributed by atoms with Gasteiger partial charge in [0.05, 0.1) is 0 Å². The summed E-state index contributed by atoms with van der Waals surface area (Å²) in [4.78, 5) is 16.3. The number of aliphatic hydroxyl groups excluding tert-OH is 2. The van der Waals surface area contributed by atoms with Crippen molar-refractivity contribution in [3.05, 3.63) is 30.3 Å². The number of benzene rings is 1. The number of nitrogens with zero attached hydrogens (tertiary/aromatic N) is 5. The highest BCUT2D eigenvalue weighted by Crippen LogP contribution is 2.23. The van der Waals surface area contributed by atoms with Crippen molar-refractivity contribution in [2.45, 2.75) is 26.3 Å². The van der Waals surface area contributed by atoms with Gasteiger partial charge in [-0.05, 0) is 13.8 Å². The normalized spacial score (nSPS) is 13.3. The maximum Gasteiger partial charge on any atom is 0.234 e. The molecule has 26 heavy (non-hydrogen) atoms. The van der Waals surface area contributed by atoms with Gasteiger partial charge in [0, 0.05) is 19.8 Å². The molecule has 0 aliphatic heterocycles. The van der Waals surface area contributed by atoms with E-state index in [-0.39, 0.29) is 19.4 Å². The van der Waals surface area contributed by atoms with E-state index >= 15 is 0 Å². The summed E-state index contributed by atoms with van der Waals surface area (Å²) in [5, 5.41) is 20.1. The Hall–Kier alpha value is -2.33. The fourth-order valence-electron chi connectivity index (χ4n) is 2.44. The van der Waals surface area contributed by atoms with E-state index in [4.69, 9.17) is 9.47 Å². The summed E-state index contributed by atoms with van der Waals surface area (Å²) in [5.74, 6) is 0.869. The van der Waals surface area contributed by atoms with Crippen LogP contribution in [-0.2, 0) is 9.47 Å². The Morgan fingerprint density at radius 2 is 1.42 bits per heavy atom. The van der Waals surface area contributed by atoms with E-state index in [1.165, 1.54) is 18.7 Å². The highest BCUT2D eigenvalue weighted by Gasteiger charge is 2.23. The Labute approximate surface area is 152 Å². The molecule has 0 fully saturated rings. The molecule has 2 aromatic rings. The fraction of sp³-hybridized carbons (Fsp3) is 0.471. The molecule has 2 N–H and O–H groups in total. The summed E-state index contributed by atoms with van der Waals surface area (Å²) in [5.41, 5.74) is 0.781. The Balaban J connectivity index is 2.58. The molecular weight excluding hydrogens is 338 g/mol. The van der Waals surface area contributed by atoms with E-state index in [0.29, 0.717) is 11.8 Å². The van der Waals surface area contributed by atoms with Crippen molar-refractivity contribution in [2.75, 3.05) is 37.5 Å². The average molecular weight is 363 g/mol. The average Bonchev–Trinajstić information content (AvgIpc) is 2.61. The maximum absolute atomic E-state index is 10.0. The first-order chi connectivity index (χ1) is 12.5. The first kappa shape index (κ1) is 20.0. The Morgan fingerprint density at radius 3 is 1.92 bits per heavy atom. The second-order valence-corrected chi connectivity index (χ2v) is 5.67. The van der Waals surface area contributed by atoms with Crippen molar-refractivity contribution in [1.82, 2.24) is 15.0 Å². The van der Waals surface area contributed by atoms with Crippen molar-refractivity contribution in [3.63, 3.8) is 0 Å². The predicted octanol–water partition coefficient (Wildman–Crippen LogP) is 1.04. The van der Waals surface area contributed by atoms with Gasteiger partial charge in [-0.25, -0.2) is 0 Å². The van der Waals surface area contributed by atoms with Gasteiger partial charge in [0.25, 0.3) is 0 Å². The molecule has 142 valence electrons. The number of aliphatic hydroxyl groups is 2. The first-order valence-corrected chi connectivity index (χ1v) is 8.16. The van der Waals surface area contributed by atoms with Gasteiger partial charge in [-0.2, -0.15) is 15.0 Å². The molecule has 0 saturated heterocycles. The molecule has 1 aromatic heterocycles. The minimum Gasteiger partial charge on any atom is -0.374 e. The molecule has 1 aromatic carbocycles. The standard InChI is InChI=1S/C17H25N5O4/c1-12(23)22(13(2)24)17-19-15(14-8-6-5-7-9-14)18-16(20-17)21(10-25-3)11-26-4/h5-9,12-13,23-24H,10-11H2,1-4H3. The third-order valence-electron chi connectivity index (χ3n) is 3.53. The van der Waals surface area contributed by atoms with E-state index in [0.717, 1.165) is 5.56 Å². The minimum absolute atomic E-state index is 0.149. The molecule has 0 saturated carbocycles. The van der Waals surface area contributed by atoms with Crippen LogP contribution in [0.5, 0.6) is 0 Å². The van der Waals surface area contributed by atoms with Crippen LogP contribution in [0.3, 0.4) is 0 Å². The van der Waals surface area contributed by atoms with E-state index in [1.807, 2.05) is 30.3 Å². The molecular formula is C17H25N5O4. The van der Waals surface area contributed by atoms with Gasteiger partial charge >= 0.3 is 0 Å². The molecule has 0 bridgehead atoms. The summed E-state index contributed by atoms with van der Waals surface area (Å²) in [6.45, 7) is 3.46. The number of hydrogen-bond acceptors (Lipinski definition) is 9. The topological polar surface area (TPSA) is 104 Å². The third-order valence-corrected chi connectivity index (χ3v) is 3.53. The van der Waals surface area contributed by atoms with Crippen LogP contribution in [0.25, 0.3) is 11.4 Å². The Bertz CT molecular complexity index is 670. The second kappa shape index (κ2) is 9.39. The molecule has 1 heterocycles. The fourth-order valence-corrected chi connectivity index (χ4v) is 2.44. The molecule has 0 aliphatic rings. The number of rotatable bonds is 9. The lowest BCUT2D eigenvalue weighted by atomic mass is 10.2. The molecule has 0 amide bonds. The lowest BCUT2D eigenvalue weighted by Crippen LogP contribution is -2.42. The van der Waals surface area contributed by atoms with Crippen LogP contribution in [0.2, 0.25) is 0 Å². The lowest BCUT2D eigenvalue weighted by Gasteiger charge is -2.29. The second-order valence-electron chi connectivity index (χ2n) is 5.67. The zero-order chi connectivity index (χ0) is 19.1. The number of aromatic nitrogens is 3. The van der Waals surface area contributed by atoms with Crippen LogP contribution in [0, 0.1) is 0 Å². The van der Waals surface area contributed by atoms with E-state index in [1.54, 1.807) is 19.1 Å². The molecule has 2 rings (SSSR count). The highest BCUT2D eigenvalue weighted by atomic mass is 16.5. The van der Waals surface area contributed by atoms with Crippen LogP contribution in [0.15, 0.2) is 30.3 Å². The molecule has 0 spiro atoms. The Kier molecular flexibility index (Phi) is 7.22. The molecule has 2 unspecified atom stereocenters. The smallest absolute Gasteiger partial charge is 0.234 e. The van der Waals surface area contributed by atoms with Gasteiger partial charge in [-0.3, -0.25) is 9.80 Å². The largest absolute Gasteiger partial charge is 0.374 e. The monoisotopic (exact) mass is 363 g/mol. The van der Waals surface area contributed by atoms with E-state index < -0.39 is 12.5 Å². The summed E-state index contributed by atoms with van der Waals surface area (Å²) in [6.07, 6.45) is -1.99. The summed E-state index contributed by atoms with van der Waals surface area (Å²) < 4.78 is 10.4. The predicted molar refractivity (Wildman–Crippen MR) is 97.3 cm³/mol. The maximum atomic E-state index is 10.0. The number of anilines is 2. The van der Waals surface area contributed by atoms with E-state index in [9.17, 15) is 10.2 Å². The van der Waals surface area contributed by atoms with Gasteiger partial charge in [0.15, 0.2) is 5.82 Å². The van der Waals surface area contributed by atoms with Gasteiger partial charge in [0.2, 0.25) is 11.9 Å². The van der Waals surface area contributed by atoms with Crippen molar-refractivity contribution >= 4 is 11.9 Å². The van der Waals surface area contributed by atoms with Gasteiger partial charge in [-0.15, -0.1) is 0 Å². The summed E-state index contributed by atoms with van der Waals surface area (Å²) in [6, 6.07) is 9.39. The van der Waals surface area contributed by atoms with Crippen molar-refractivity contribution in [2.24, 2.45) is 0 Å². The number of methoxy groups -OCH3 is 2. The van der Waals surface area contributed by atoms with Crippen LogP contribution in [-0.4, -0.2) is 65.3 Å². The highest BCUT2D eigenvalue weighted by molar-refractivity contribution is 5.58. The van der Waals surface area contributed by atoms with Crippen molar-refractivity contribution in [1.29, 1.82) is 0 Å². The van der Waals surface area contributed by atoms with Crippen LogP contribution >= 0.6 is 0 Å². The molecule has 9 nitrogen and oxygen atoms in total. The Morgan fingerprint density at radius 1 is 0.885 bits per heavy atom. The SMILES string of the molecule is COCN(COC)c1nc(-c2ccccc2)nc(N(C(C)O)C(C)O)n1. The molecule has 9 heteroatoms. The minimum atomic E-state index is -0.993. The third kappa shape index (κ3) is 4.85. The zero-order valence-corrected chi connectivity index (χ0v) is 15.4. The quantitative estimate of drug-likeness (QED) is 0.632. The zero-order valence-electron chi connectivity index (χ0n) is 15.4. The summed E-state index contributed by atoms with van der Waals surface area (Å²) >= 11 is 0. The van der Waals surface area contributed by atoms with Gasteiger partial charge in [0.1, 0.15) is 25.9 Å². The molecule has 0 aliphatic carbocycles. The molecule has 2 atom stereocenters. The molecule has 0 radical (unpaired) electrons.